The number of ether oxygens (including phenoxy) is 2. The molecule has 0 radical (unpaired) electrons. The van der Waals surface area contributed by atoms with Gasteiger partial charge in [0.1, 0.15) is 18.2 Å². The van der Waals surface area contributed by atoms with E-state index in [2.05, 4.69) is 30.7 Å². The Hall–Kier alpha value is -1.40. The maximum atomic E-state index is 5.78. The van der Waals surface area contributed by atoms with Gasteiger partial charge in [-0.25, -0.2) is 0 Å². The summed E-state index contributed by atoms with van der Waals surface area (Å²) in [5.74, 6) is 2.63. The van der Waals surface area contributed by atoms with Gasteiger partial charge in [0.05, 0.1) is 17.7 Å². The Morgan fingerprint density at radius 3 is 3.05 bits per heavy atom. The highest BCUT2D eigenvalue weighted by atomic mass is 79.9. The first-order valence-electron chi connectivity index (χ1n) is 6.20. The van der Waals surface area contributed by atoms with Crippen LogP contribution in [-0.2, 0) is 24.3 Å². The molecule has 0 unspecified atom stereocenters. The van der Waals surface area contributed by atoms with Crippen molar-refractivity contribution in [1.82, 2.24) is 14.8 Å². The Bertz CT molecular complexity index is 571. The second kappa shape index (κ2) is 5.71. The van der Waals surface area contributed by atoms with Crippen LogP contribution in [0.1, 0.15) is 11.6 Å². The molecule has 1 aliphatic rings. The van der Waals surface area contributed by atoms with Crippen LogP contribution < -0.4 is 4.74 Å². The first-order chi connectivity index (χ1) is 9.34. The van der Waals surface area contributed by atoms with E-state index in [0.717, 1.165) is 34.8 Å². The van der Waals surface area contributed by atoms with Crippen LogP contribution in [0.25, 0.3) is 0 Å². The van der Waals surface area contributed by atoms with E-state index in [4.69, 9.17) is 9.47 Å². The first-order valence-corrected chi connectivity index (χ1v) is 7.00. The third-order valence-corrected chi connectivity index (χ3v) is 3.68. The van der Waals surface area contributed by atoms with Gasteiger partial charge in [-0.3, -0.25) is 0 Å². The van der Waals surface area contributed by atoms with Gasteiger partial charge in [0, 0.05) is 13.0 Å². The van der Waals surface area contributed by atoms with Crippen LogP contribution in [0.3, 0.4) is 0 Å². The molecule has 1 aliphatic heterocycles. The molecule has 3 rings (SSSR count). The lowest BCUT2D eigenvalue weighted by Crippen LogP contribution is -2.10. The summed E-state index contributed by atoms with van der Waals surface area (Å²) in [6.07, 6.45) is 0.808. The molecule has 0 aliphatic carbocycles. The summed E-state index contributed by atoms with van der Waals surface area (Å²) in [4.78, 5) is 0. The summed E-state index contributed by atoms with van der Waals surface area (Å²) in [5, 5.41) is 8.39. The van der Waals surface area contributed by atoms with Crippen LogP contribution in [0.15, 0.2) is 28.7 Å². The van der Waals surface area contributed by atoms with E-state index in [9.17, 15) is 0 Å². The number of halogens is 1. The minimum atomic E-state index is 0.412. The Balaban J connectivity index is 1.74. The topological polar surface area (TPSA) is 49.2 Å². The van der Waals surface area contributed by atoms with E-state index in [1.807, 2.05) is 24.3 Å². The largest absolute Gasteiger partial charge is 0.484 e. The van der Waals surface area contributed by atoms with Crippen molar-refractivity contribution < 1.29 is 9.47 Å². The first kappa shape index (κ1) is 12.6. The predicted molar refractivity (Wildman–Crippen MR) is 73.0 cm³/mol. The molecule has 0 N–H and O–H groups in total. The highest BCUT2D eigenvalue weighted by molar-refractivity contribution is 9.10. The van der Waals surface area contributed by atoms with Crippen molar-refractivity contribution in [2.75, 3.05) is 13.2 Å². The average Bonchev–Trinajstić information content (AvgIpc) is 2.66. The fraction of sp³-hybridized carbons (Fsp3) is 0.385. The Morgan fingerprint density at radius 2 is 2.16 bits per heavy atom. The second-order valence-electron chi connectivity index (χ2n) is 4.27. The molecule has 2 aromatic rings. The summed E-state index contributed by atoms with van der Waals surface area (Å²) < 4.78 is 14.2. The van der Waals surface area contributed by atoms with E-state index < -0.39 is 0 Å². The fourth-order valence-corrected chi connectivity index (χ4v) is 2.45. The minimum Gasteiger partial charge on any atom is -0.484 e. The standard InChI is InChI=1S/C13H14BrN3O2/c14-10-3-1-2-4-11(10)19-9-13-16-15-12-5-7-18-8-6-17(12)13/h1-4H,5-9H2. The number of hydrogen-bond acceptors (Lipinski definition) is 4. The lowest BCUT2D eigenvalue weighted by Gasteiger charge is -2.09. The van der Waals surface area contributed by atoms with Crippen LogP contribution in [0.4, 0.5) is 0 Å². The molecule has 1 aromatic heterocycles. The third kappa shape index (κ3) is 2.79. The smallest absolute Gasteiger partial charge is 0.171 e. The minimum absolute atomic E-state index is 0.412. The van der Waals surface area contributed by atoms with Crippen molar-refractivity contribution in [1.29, 1.82) is 0 Å². The molecular weight excluding hydrogens is 310 g/mol. The maximum Gasteiger partial charge on any atom is 0.171 e. The molecule has 0 amide bonds. The summed E-state index contributed by atoms with van der Waals surface area (Å²) in [6.45, 7) is 2.61. The molecule has 0 spiro atoms. The number of benzene rings is 1. The quantitative estimate of drug-likeness (QED) is 0.868. The van der Waals surface area contributed by atoms with E-state index in [0.29, 0.717) is 19.8 Å². The van der Waals surface area contributed by atoms with Crippen LogP contribution in [0.5, 0.6) is 5.75 Å². The van der Waals surface area contributed by atoms with Gasteiger partial charge in [0.25, 0.3) is 0 Å². The van der Waals surface area contributed by atoms with Gasteiger partial charge < -0.3 is 14.0 Å². The van der Waals surface area contributed by atoms with Crippen LogP contribution in [-0.4, -0.2) is 28.0 Å². The molecule has 5 nitrogen and oxygen atoms in total. The van der Waals surface area contributed by atoms with Gasteiger partial charge in [-0.2, -0.15) is 0 Å². The molecule has 19 heavy (non-hydrogen) atoms. The van der Waals surface area contributed by atoms with Crippen molar-refractivity contribution in [2.24, 2.45) is 0 Å². The predicted octanol–water partition coefficient (Wildman–Crippen LogP) is 2.19. The van der Waals surface area contributed by atoms with Crippen LogP contribution in [0, 0.1) is 0 Å². The number of nitrogens with zero attached hydrogens (tertiary/aromatic N) is 3. The summed E-state index contributed by atoms with van der Waals surface area (Å²) >= 11 is 3.46. The highest BCUT2D eigenvalue weighted by Gasteiger charge is 2.15. The second-order valence-corrected chi connectivity index (χ2v) is 5.12. The van der Waals surface area contributed by atoms with E-state index in [1.54, 1.807) is 0 Å². The van der Waals surface area contributed by atoms with E-state index >= 15 is 0 Å². The van der Waals surface area contributed by atoms with Gasteiger partial charge in [-0.1, -0.05) is 12.1 Å². The number of hydrogen-bond donors (Lipinski definition) is 0. The summed E-state index contributed by atoms with van der Waals surface area (Å²) in [5.41, 5.74) is 0. The average molecular weight is 324 g/mol. The van der Waals surface area contributed by atoms with Crippen molar-refractivity contribution >= 4 is 15.9 Å². The maximum absolute atomic E-state index is 5.78. The molecule has 2 heterocycles. The molecular formula is C13H14BrN3O2. The van der Waals surface area contributed by atoms with Crippen molar-refractivity contribution in [2.45, 2.75) is 19.6 Å². The number of rotatable bonds is 3. The van der Waals surface area contributed by atoms with Gasteiger partial charge in [-0.15, -0.1) is 10.2 Å². The van der Waals surface area contributed by atoms with Crippen molar-refractivity contribution in [3.63, 3.8) is 0 Å². The molecule has 0 fully saturated rings. The Morgan fingerprint density at radius 1 is 1.26 bits per heavy atom. The number of para-hydroxylation sites is 1. The Kier molecular flexibility index (Phi) is 3.79. The fourth-order valence-electron chi connectivity index (χ4n) is 2.05. The number of fused-ring (bicyclic) bond motifs is 1. The SMILES string of the molecule is Brc1ccccc1OCc1nnc2n1CCOCC2. The van der Waals surface area contributed by atoms with Gasteiger partial charge in [-0.05, 0) is 28.1 Å². The lowest BCUT2D eigenvalue weighted by atomic mass is 10.3. The third-order valence-electron chi connectivity index (χ3n) is 3.03. The zero-order valence-corrected chi connectivity index (χ0v) is 12.0. The number of aromatic nitrogens is 3. The van der Waals surface area contributed by atoms with E-state index in [-0.39, 0.29) is 0 Å². The van der Waals surface area contributed by atoms with Crippen LogP contribution >= 0.6 is 15.9 Å². The molecule has 1 aromatic carbocycles. The van der Waals surface area contributed by atoms with Gasteiger partial charge in [0.15, 0.2) is 5.82 Å². The Labute approximate surface area is 119 Å². The molecule has 0 bridgehead atoms. The van der Waals surface area contributed by atoms with E-state index in [1.165, 1.54) is 0 Å². The monoisotopic (exact) mass is 323 g/mol. The molecule has 0 saturated carbocycles. The van der Waals surface area contributed by atoms with Gasteiger partial charge in [0.2, 0.25) is 0 Å². The molecule has 6 heteroatoms. The van der Waals surface area contributed by atoms with Crippen molar-refractivity contribution in [3.8, 4) is 5.75 Å². The van der Waals surface area contributed by atoms with Gasteiger partial charge >= 0.3 is 0 Å². The normalized spacial score (nSPS) is 14.8. The molecule has 0 saturated heterocycles. The summed E-state index contributed by atoms with van der Waals surface area (Å²) in [7, 11) is 0. The molecule has 100 valence electrons. The molecule has 0 atom stereocenters. The zero-order chi connectivity index (χ0) is 13.1. The summed E-state index contributed by atoms with van der Waals surface area (Å²) in [6, 6.07) is 7.77. The highest BCUT2D eigenvalue weighted by Crippen LogP contribution is 2.24. The van der Waals surface area contributed by atoms with Crippen LogP contribution in [0.2, 0.25) is 0 Å². The van der Waals surface area contributed by atoms with Crippen molar-refractivity contribution in [3.05, 3.63) is 40.4 Å². The zero-order valence-electron chi connectivity index (χ0n) is 10.4. The lowest BCUT2D eigenvalue weighted by molar-refractivity contribution is 0.139.